The van der Waals surface area contributed by atoms with Gasteiger partial charge in [-0.1, -0.05) is 84.0 Å². The van der Waals surface area contributed by atoms with Crippen molar-refractivity contribution in [3.63, 3.8) is 0 Å². The molecule has 0 amide bonds. The topological polar surface area (TPSA) is 81.2 Å². The highest BCUT2D eigenvalue weighted by molar-refractivity contribution is 8.07. The fourth-order valence-electron chi connectivity index (χ4n) is 4.76. The van der Waals surface area contributed by atoms with Gasteiger partial charge in [-0.2, -0.15) is 0 Å². The van der Waals surface area contributed by atoms with Gasteiger partial charge in [-0.25, -0.2) is 0 Å². The van der Waals surface area contributed by atoms with Gasteiger partial charge in [0, 0.05) is 39.2 Å². The Balaban J connectivity index is 2.07. The Morgan fingerprint density at radius 1 is 0.892 bits per heavy atom. The number of hydrogen-bond donors (Lipinski definition) is 3. The maximum Gasteiger partial charge on any atom is 0.324 e. The molecule has 2 radical (unpaired) electrons. The first-order valence-corrected chi connectivity index (χ1v) is 17.3. The summed E-state index contributed by atoms with van der Waals surface area (Å²) in [6.07, 6.45) is 18.3. The van der Waals surface area contributed by atoms with E-state index in [9.17, 15) is 4.89 Å². The van der Waals surface area contributed by atoms with Crippen LogP contribution in [0, 0.1) is 5.92 Å². The van der Waals surface area contributed by atoms with E-state index in [4.69, 9.17) is 50.4 Å². The normalized spacial score (nSPS) is 23.1. The molecule has 1 fully saturated rings. The minimum Gasteiger partial charge on any atom is -0.382 e. The molecule has 216 valence electrons. The molecule has 1 heterocycles. The third-order valence-corrected chi connectivity index (χ3v) is 8.89. The van der Waals surface area contributed by atoms with Gasteiger partial charge in [-0.05, 0) is 43.3 Å². The summed E-state index contributed by atoms with van der Waals surface area (Å²) in [6, 6.07) is -0.516. The molecule has 37 heavy (non-hydrogen) atoms. The molecule has 3 N–H and O–H groups in total. The van der Waals surface area contributed by atoms with Gasteiger partial charge >= 0.3 is 6.72 Å². The average molecular weight is 579 g/mol. The Kier molecular flexibility index (Phi) is 20.9. The Bertz CT molecular complexity index is 638. The van der Waals surface area contributed by atoms with Crippen molar-refractivity contribution in [1.29, 1.82) is 0 Å². The van der Waals surface area contributed by atoms with Gasteiger partial charge < -0.3 is 34.0 Å². The van der Waals surface area contributed by atoms with Crippen LogP contribution in [0.4, 0.5) is 0 Å². The molecule has 1 saturated heterocycles. The Hall–Kier alpha value is 0.205. The van der Waals surface area contributed by atoms with Crippen LogP contribution in [0.5, 0.6) is 0 Å². The molecule has 5 atom stereocenters. The quantitative estimate of drug-likeness (QED) is 0.0610. The zero-order valence-electron chi connectivity index (χ0n) is 23.5. The molecule has 0 saturated carbocycles. The van der Waals surface area contributed by atoms with Gasteiger partial charge in [0.2, 0.25) is 0 Å². The fraction of sp³-hybridized carbons (Fsp3) is 0.962. The minimum absolute atomic E-state index is 0.126. The molecular formula is C26H52BN2O5PS2. The first-order valence-electron chi connectivity index (χ1n) is 14.3. The third-order valence-electron chi connectivity index (χ3n) is 6.92. The number of methoxy groups -OCH3 is 1. The van der Waals surface area contributed by atoms with Crippen LogP contribution in [-0.2, 0) is 30.3 Å². The van der Waals surface area contributed by atoms with Crippen LogP contribution in [0.1, 0.15) is 103 Å². The predicted molar refractivity (Wildman–Crippen MR) is 162 cm³/mol. The Morgan fingerprint density at radius 3 is 1.92 bits per heavy atom. The summed E-state index contributed by atoms with van der Waals surface area (Å²) in [6.45, 7) is 0.852. The largest absolute Gasteiger partial charge is 0.382 e. The van der Waals surface area contributed by atoms with Crippen molar-refractivity contribution in [3.05, 3.63) is 0 Å². The highest BCUT2D eigenvalue weighted by atomic mass is 32.5. The minimum atomic E-state index is -3.34. The van der Waals surface area contributed by atoms with Crippen molar-refractivity contribution in [1.82, 2.24) is 10.6 Å². The highest BCUT2D eigenvalue weighted by Crippen LogP contribution is 2.48. The molecule has 0 aromatic carbocycles. The lowest BCUT2D eigenvalue weighted by molar-refractivity contribution is -0.0147. The average Bonchev–Trinajstić information content (AvgIpc) is 3.15. The van der Waals surface area contributed by atoms with E-state index in [1.54, 1.807) is 7.11 Å². The maximum absolute atomic E-state index is 10.1. The van der Waals surface area contributed by atoms with Crippen molar-refractivity contribution in [2.45, 2.75) is 121 Å². The second-order valence-corrected chi connectivity index (χ2v) is 13.4. The molecule has 0 aliphatic carbocycles. The molecule has 1 rings (SSSR count). The molecule has 0 aromatic heterocycles. The van der Waals surface area contributed by atoms with Crippen LogP contribution >= 0.6 is 18.9 Å². The van der Waals surface area contributed by atoms with Crippen molar-refractivity contribution < 1.29 is 23.4 Å². The standard InChI is InChI=1S/C26H52BN2O5PS2/c1-4-5-6-7-8-9-10-11-12-13-14-15-16-19-28-26(36)29-20-17-18-22-24(34-35(30,37)32-3)23(21-31-2)33-25(22)27/h22-25H,4-21H2,1-3H3,(H,30,37)(H2,28,29,36)/t22-,23+,24?,25+,35?/m0/s1. The van der Waals surface area contributed by atoms with Gasteiger partial charge in [0.25, 0.3) is 0 Å². The Labute approximate surface area is 238 Å². The first-order chi connectivity index (χ1) is 17.8. The van der Waals surface area contributed by atoms with Crippen molar-refractivity contribution in [3.8, 4) is 0 Å². The SMILES string of the molecule is [B][C@@H]1O[C@H](COC)C(OP(O)(=S)OC)[C@@H]1CCCNC(=S)NCCCCCCCCCCCCCCC. The summed E-state index contributed by atoms with van der Waals surface area (Å²) < 4.78 is 21.7. The molecule has 1 aliphatic rings. The van der Waals surface area contributed by atoms with Crippen molar-refractivity contribution in [2.75, 3.05) is 33.9 Å². The summed E-state index contributed by atoms with van der Waals surface area (Å²) in [4.78, 5) is 10.1. The van der Waals surface area contributed by atoms with Crippen LogP contribution in [0.3, 0.4) is 0 Å². The van der Waals surface area contributed by atoms with E-state index in [1.807, 2.05) is 0 Å². The highest BCUT2D eigenvalue weighted by Gasteiger charge is 2.44. The van der Waals surface area contributed by atoms with Gasteiger partial charge in [0.05, 0.1) is 6.61 Å². The number of thiocarbonyl (C=S) groups is 1. The predicted octanol–water partition coefficient (Wildman–Crippen LogP) is 5.73. The van der Waals surface area contributed by atoms with Crippen LogP contribution in [0.2, 0.25) is 0 Å². The lowest BCUT2D eigenvalue weighted by Crippen LogP contribution is -2.37. The summed E-state index contributed by atoms with van der Waals surface area (Å²) in [5.41, 5.74) is 0. The summed E-state index contributed by atoms with van der Waals surface area (Å²) in [7, 11) is 9.12. The van der Waals surface area contributed by atoms with E-state index in [0.717, 1.165) is 25.8 Å². The molecule has 7 nitrogen and oxygen atoms in total. The van der Waals surface area contributed by atoms with Crippen molar-refractivity contribution in [2.24, 2.45) is 5.92 Å². The second-order valence-electron chi connectivity index (χ2n) is 10.0. The summed E-state index contributed by atoms with van der Waals surface area (Å²) in [5.74, 6) is -0.126. The van der Waals surface area contributed by atoms with E-state index in [-0.39, 0.29) is 5.92 Å². The van der Waals surface area contributed by atoms with E-state index in [0.29, 0.717) is 18.3 Å². The fourth-order valence-corrected chi connectivity index (χ4v) is 5.95. The van der Waals surface area contributed by atoms with Gasteiger partial charge in [0.1, 0.15) is 20.1 Å². The zero-order chi connectivity index (χ0) is 27.4. The number of rotatable bonds is 23. The first kappa shape index (κ1) is 35.2. The van der Waals surface area contributed by atoms with E-state index >= 15 is 0 Å². The Morgan fingerprint density at radius 2 is 1.41 bits per heavy atom. The lowest BCUT2D eigenvalue weighted by Gasteiger charge is -2.27. The summed E-state index contributed by atoms with van der Waals surface area (Å²) >= 11 is 10.4. The van der Waals surface area contributed by atoms with Crippen LogP contribution in [0.15, 0.2) is 0 Å². The molecule has 0 bridgehead atoms. The maximum atomic E-state index is 10.1. The molecule has 1 aliphatic heterocycles. The molecule has 0 aromatic rings. The monoisotopic (exact) mass is 578 g/mol. The third kappa shape index (κ3) is 16.8. The number of ether oxygens (including phenoxy) is 2. The number of hydrogen-bond acceptors (Lipinski definition) is 6. The zero-order valence-corrected chi connectivity index (χ0v) is 26.0. The van der Waals surface area contributed by atoms with Gasteiger partial charge in [-0.15, -0.1) is 0 Å². The van der Waals surface area contributed by atoms with Crippen LogP contribution < -0.4 is 10.6 Å². The number of nitrogens with one attached hydrogen (secondary N) is 2. The molecule has 2 unspecified atom stereocenters. The van der Waals surface area contributed by atoms with Crippen LogP contribution in [-0.4, -0.2) is 70.0 Å². The molecule has 0 spiro atoms. The molecular weight excluding hydrogens is 526 g/mol. The van der Waals surface area contributed by atoms with E-state index < -0.39 is 24.9 Å². The molecule has 11 heteroatoms. The van der Waals surface area contributed by atoms with Gasteiger partial charge in [-0.3, -0.25) is 0 Å². The van der Waals surface area contributed by atoms with Crippen LogP contribution in [0.25, 0.3) is 0 Å². The summed E-state index contributed by atoms with van der Waals surface area (Å²) in [5, 5.41) is 7.25. The van der Waals surface area contributed by atoms with E-state index in [2.05, 4.69) is 17.6 Å². The number of unbranched alkanes of at least 4 members (excludes halogenated alkanes) is 12. The van der Waals surface area contributed by atoms with Crippen molar-refractivity contribution >= 4 is 43.7 Å². The second kappa shape index (κ2) is 22.0. The lowest BCUT2D eigenvalue weighted by atomic mass is 9.82. The van der Waals surface area contributed by atoms with Gasteiger partial charge in [0.15, 0.2) is 5.11 Å². The smallest absolute Gasteiger partial charge is 0.324 e. The van der Waals surface area contributed by atoms with E-state index in [1.165, 1.54) is 84.2 Å².